The van der Waals surface area contributed by atoms with Crippen molar-refractivity contribution in [3.63, 3.8) is 0 Å². The quantitative estimate of drug-likeness (QED) is 0.336. The van der Waals surface area contributed by atoms with E-state index < -0.39 is 8.80 Å². The summed E-state index contributed by atoms with van der Waals surface area (Å²) < 4.78 is 17.3. The predicted molar refractivity (Wildman–Crippen MR) is 69.5 cm³/mol. The lowest BCUT2D eigenvalue weighted by molar-refractivity contribution is 0.0709. The molecule has 4 heteroatoms. The minimum atomic E-state index is -2.38. The Bertz CT molecular complexity index is 166. The average Bonchev–Trinajstić information content (AvgIpc) is 2.26. The summed E-state index contributed by atoms with van der Waals surface area (Å²) in [7, 11) is -2.38. The van der Waals surface area contributed by atoms with Gasteiger partial charge in [0, 0.05) is 25.9 Å². The smallest absolute Gasteiger partial charge is 0.374 e. The molecule has 0 aromatic carbocycles. The van der Waals surface area contributed by atoms with Gasteiger partial charge in [0.1, 0.15) is 0 Å². The first-order chi connectivity index (χ1) is 7.74. The fraction of sp³-hybridized carbons (Fsp3) is 0.833. The van der Waals surface area contributed by atoms with Crippen LogP contribution in [0.1, 0.15) is 40.5 Å². The molecule has 0 amide bonds. The van der Waals surface area contributed by atoms with Crippen molar-refractivity contribution in [1.29, 1.82) is 0 Å². The van der Waals surface area contributed by atoms with E-state index in [2.05, 4.69) is 12.2 Å². The highest BCUT2D eigenvalue weighted by atomic mass is 28.4. The van der Waals surface area contributed by atoms with Crippen LogP contribution in [0.25, 0.3) is 0 Å². The van der Waals surface area contributed by atoms with Gasteiger partial charge in [-0.15, -0.1) is 0 Å². The van der Waals surface area contributed by atoms with Crippen LogP contribution >= 0.6 is 0 Å². The Labute approximate surface area is 101 Å². The van der Waals surface area contributed by atoms with Gasteiger partial charge in [0.15, 0.2) is 0 Å². The molecule has 0 aliphatic carbocycles. The van der Waals surface area contributed by atoms with Crippen LogP contribution in [0.5, 0.6) is 0 Å². The van der Waals surface area contributed by atoms with Gasteiger partial charge in [0.2, 0.25) is 0 Å². The fourth-order valence-corrected chi connectivity index (χ4v) is 4.24. The molecule has 0 saturated heterocycles. The van der Waals surface area contributed by atoms with E-state index in [9.17, 15) is 0 Å². The van der Waals surface area contributed by atoms with Gasteiger partial charge in [-0.1, -0.05) is 12.2 Å². The SMILES string of the molecule is C/C=C\CCC[Si](OCC)(OCC)OCC. The third-order valence-electron chi connectivity index (χ3n) is 2.18. The largest absolute Gasteiger partial charge is 0.500 e. The molecule has 0 saturated carbocycles. The van der Waals surface area contributed by atoms with Crippen LogP contribution in [0, 0.1) is 0 Å². The number of allylic oxidation sites excluding steroid dienone is 2. The van der Waals surface area contributed by atoms with Crippen LogP contribution in [0.3, 0.4) is 0 Å². The second-order valence-corrected chi connectivity index (χ2v) is 6.18. The second kappa shape index (κ2) is 10.0. The highest BCUT2D eigenvalue weighted by molar-refractivity contribution is 6.60. The van der Waals surface area contributed by atoms with Gasteiger partial charge in [0.05, 0.1) is 0 Å². The molecule has 3 nitrogen and oxygen atoms in total. The number of rotatable bonds is 10. The van der Waals surface area contributed by atoms with Crippen molar-refractivity contribution in [2.24, 2.45) is 0 Å². The molecule has 0 radical (unpaired) electrons. The van der Waals surface area contributed by atoms with E-state index in [1.165, 1.54) is 0 Å². The van der Waals surface area contributed by atoms with E-state index in [1.54, 1.807) is 0 Å². The van der Waals surface area contributed by atoms with Crippen molar-refractivity contribution in [3.8, 4) is 0 Å². The van der Waals surface area contributed by atoms with Crippen molar-refractivity contribution < 1.29 is 13.3 Å². The maximum atomic E-state index is 5.76. The molecular weight excluding hydrogens is 220 g/mol. The highest BCUT2D eigenvalue weighted by Gasteiger charge is 2.39. The van der Waals surface area contributed by atoms with Crippen molar-refractivity contribution in [2.45, 2.75) is 46.6 Å². The molecule has 0 atom stereocenters. The Morgan fingerprint density at radius 3 is 1.81 bits per heavy atom. The number of unbranched alkanes of at least 4 members (excludes halogenated alkanes) is 1. The molecule has 0 aliphatic heterocycles. The summed E-state index contributed by atoms with van der Waals surface area (Å²) >= 11 is 0. The highest BCUT2D eigenvalue weighted by Crippen LogP contribution is 2.19. The normalized spacial score (nSPS) is 12.5. The Kier molecular flexibility index (Phi) is 9.92. The van der Waals surface area contributed by atoms with E-state index in [0.717, 1.165) is 18.9 Å². The van der Waals surface area contributed by atoms with E-state index in [4.69, 9.17) is 13.3 Å². The molecule has 16 heavy (non-hydrogen) atoms. The molecule has 0 unspecified atom stereocenters. The summed E-state index contributed by atoms with van der Waals surface area (Å²) in [4.78, 5) is 0. The van der Waals surface area contributed by atoms with Crippen molar-refractivity contribution >= 4 is 8.80 Å². The molecule has 0 aromatic heterocycles. The topological polar surface area (TPSA) is 27.7 Å². The lowest BCUT2D eigenvalue weighted by atomic mass is 10.3. The maximum absolute atomic E-state index is 5.76. The van der Waals surface area contributed by atoms with Gasteiger partial charge >= 0.3 is 8.80 Å². The molecular formula is C12H26O3Si. The van der Waals surface area contributed by atoms with E-state index in [1.807, 2.05) is 27.7 Å². The van der Waals surface area contributed by atoms with Gasteiger partial charge in [-0.3, -0.25) is 0 Å². The summed E-state index contributed by atoms with van der Waals surface area (Å²) in [6, 6.07) is 0.910. The Morgan fingerprint density at radius 1 is 0.938 bits per heavy atom. The molecule has 0 rings (SSSR count). The van der Waals surface area contributed by atoms with Crippen LogP contribution < -0.4 is 0 Å². The summed E-state index contributed by atoms with van der Waals surface area (Å²) in [6.45, 7) is 10.0. The summed E-state index contributed by atoms with van der Waals surface area (Å²) in [6.07, 6.45) is 6.38. The van der Waals surface area contributed by atoms with Crippen LogP contribution in [0.4, 0.5) is 0 Å². The lowest BCUT2D eigenvalue weighted by Gasteiger charge is -2.28. The molecule has 0 aromatic rings. The Morgan fingerprint density at radius 2 is 1.44 bits per heavy atom. The zero-order valence-corrected chi connectivity index (χ0v) is 12.1. The van der Waals surface area contributed by atoms with Crippen molar-refractivity contribution in [2.75, 3.05) is 19.8 Å². The summed E-state index contributed by atoms with van der Waals surface area (Å²) in [5.41, 5.74) is 0. The molecule has 0 N–H and O–H groups in total. The minimum Gasteiger partial charge on any atom is -0.374 e. The van der Waals surface area contributed by atoms with E-state index >= 15 is 0 Å². The monoisotopic (exact) mass is 246 g/mol. The van der Waals surface area contributed by atoms with Gasteiger partial charge in [-0.25, -0.2) is 0 Å². The van der Waals surface area contributed by atoms with Gasteiger partial charge in [-0.2, -0.15) is 0 Å². The van der Waals surface area contributed by atoms with Crippen molar-refractivity contribution in [1.82, 2.24) is 0 Å². The average molecular weight is 246 g/mol. The van der Waals surface area contributed by atoms with Crippen molar-refractivity contribution in [3.05, 3.63) is 12.2 Å². The van der Waals surface area contributed by atoms with Crippen LogP contribution in [-0.4, -0.2) is 28.6 Å². The third-order valence-corrected chi connectivity index (χ3v) is 5.33. The van der Waals surface area contributed by atoms with Gasteiger partial charge in [-0.05, 0) is 40.5 Å². The fourth-order valence-electron chi connectivity index (χ4n) is 1.60. The first kappa shape index (κ1) is 15.8. The Balaban J connectivity index is 4.22. The molecule has 0 spiro atoms. The Hall–Kier alpha value is -0.163. The number of hydrogen-bond acceptors (Lipinski definition) is 3. The maximum Gasteiger partial charge on any atom is 0.500 e. The lowest BCUT2D eigenvalue weighted by Crippen LogP contribution is -2.45. The molecule has 0 heterocycles. The van der Waals surface area contributed by atoms with Gasteiger partial charge in [0.25, 0.3) is 0 Å². The van der Waals surface area contributed by atoms with Gasteiger partial charge < -0.3 is 13.3 Å². The minimum absolute atomic E-state index is 0.663. The summed E-state index contributed by atoms with van der Waals surface area (Å²) in [5, 5.41) is 0. The third kappa shape index (κ3) is 6.43. The van der Waals surface area contributed by atoms with E-state index in [0.29, 0.717) is 19.8 Å². The molecule has 0 aliphatic rings. The predicted octanol–water partition coefficient (Wildman–Crippen LogP) is 3.39. The van der Waals surface area contributed by atoms with E-state index in [-0.39, 0.29) is 0 Å². The summed E-state index contributed by atoms with van der Waals surface area (Å²) in [5.74, 6) is 0. The first-order valence-corrected chi connectivity index (χ1v) is 8.20. The molecule has 0 fully saturated rings. The standard InChI is InChI=1S/C12H26O3Si/c1-5-9-10-11-12-16(13-6-2,14-7-3)15-8-4/h5,9H,6-8,10-12H2,1-4H3/b9-5-. The number of hydrogen-bond donors (Lipinski definition) is 0. The molecule has 96 valence electrons. The second-order valence-electron chi connectivity index (χ2n) is 3.44. The van der Waals surface area contributed by atoms with Crippen LogP contribution in [0.2, 0.25) is 6.04 Å². The van der Waals surface area contributed by atoms with Crippen LogP contribution in [-0.2, 0) is 13.3 Å². The zero-order chi connectivity index (χ0) is 12.3. The molecule has 0 bridgehead atoms. The zero-order valence-electron chi connectivity index (χ0n) is 11.1. The van der Waals surface area contributed by atoms with Crippen LogP contribution in [0.15, 0.2) is 12.2 Å². The first-order valence-electron chi connectivity index (χ1n) is 6.27.